The van der Waals surface area contributed by atoms with Crippen LogP contribution in [-0.4, -0.2) is 16.9 Å². The molecule has 0 unspecified atom stereocenters. The molecule has 1 aliphatic carbocycles. The first kappa shape index (κ1) is 11.2. The van der Waals surface area contributed by atoms with Crippen LogP contribution in [-0.2, 0) is 0 Å². The number of hydrogen-bond acceptors (Lipinski definition) is 3. The van der Waals surface area contributed by atoms with E-state index in [1.54, 1.807) is 6.07 Å². The van der Waals surface area contributed by atoms with E-state index in [1.807, 2.05) is 0 Å². The van der Waals surface area contributed by atoms with Crippen LogP contribution in [0.1, 0.15) is 36.0 Å². The second-order valence-electron chi connectivity index (χ2n) is 4.06. The number of rotatable bonds is 2. The van der Waals surface area contributed by atoms with E-state index in [2.05, 4.69) is 10.3 Å². The highest BCUT2D eigenvalue weighted by Crippen LogP contribution is 2.20. The molecule has 1 aromatic heterocycles. The van der Waals surface area contributed by atoms with Gasteiger partial charge in [-0.05, 0) is 18.9 Å². The molecule has 5 heteroatoms. The predicted molar refractivity (Wildman–Crippen MR) is 63.4 cm³/mol. The van der Waals surface area contributed by atoms with Crippen LogP contribution in [0.25, 0.3) is 0 Å². The third-order valence-electron chi connectivity index (χ3n) is 2.80. The van der Waals surface area contributed by atoms with Crippen LogP contribution in [0.15, 0.2) is 12.3 Å². The molecule has 0 bridgehead atoms. The number of carbonyl (C=O) groups excluding carboxylic acids is 1. The maximum Gasteiger partial charge on any atom is 0.254 e. The summed E-state index contributed by atoms with van der Waals surface area (Å²) in [6.07, 6.45) is 5.87. The standard InChI is InChI=1S/C11H14ClN3O/c12-10-9(5-7(13)6-14-10)11(16)15-8-3-1-2-4-8/h5-6,8H,1-4,13H2,(H,15,16). The number of amides is 1. The Bertz CT molecular complexity index is 402. The molecule has 1 aliphatic rings. The molecule has 1 heterocycles. The number of nitrogens with zero attached hydrogens (tertiary/aromatic N) is 1. The average molecular weight is 240 g/mol. The van der Waals surface area contributed by atoms with Crippen molar-refractivity contribution in [1.29, 1.82) is 0 Å². The minimum absolute atomic E-state index is 0.184. The maximum absolute atomic E-state index is 11.9. The van der Waals surface area contributed by atoms with Crippen molar-refractivity contribution in [3.8, 4) is 0 Å². The normalized spacial score (nSPS) is 16.3. The van der Waals surface area contributed by atoms with Gasteiger partial charge in [-0.2, -0.15) is 0 Å². The number of carbonyl (C=O) groups is 1. The number of pyridine rings is 1. The number of hydrogen-bond donors (Lipinski definition) is 2. The highest BCUT2D eigenvalue weighted by atomic mass is 35.5. The van der Waals surface area contributed by atoms with Crippen LogP contribution in [0.4, 0.5) is 5.69 Å². The molecule has 0 aromatic carbocycles. The third kappa shape index (κ3) is 2.44. The second kappa shape index (κ2) is 4.70. The van der Waals surface area contributed by atoms with Gasteiger partial charge in [0.1, 0.15) is 5.15 Å². The number of halogens is 1. The molecule has 1 aromatic rings. The van der Waals surface area contributed by atoms with Crippen molar-refractivity contribution in [1.82, 2.24) is 10.3 Å². The smallest absolute Gasteiger partial charge is 0.254 e. The van der Waals surface area contributed by atoms with Crippen molar-refractivity contribution in [2.24, 2.45) is 0 Å². The third-order valence-corrected chi connectivity index (χ3v) is 3.10. The summed E-state index contributed by atoms with van der Waals surface area (Å²) in [6, 6.07) is 1.82. The molecule has 0 atom stereocenters. The fourth-order valence-electron chi connectivity index (χ4n) is 1.96. The number of nitrogens with two attached hydrogens (primary N) is 1. The number of nitrogen functional groups attached to an aromatic ring is 1. The molecule has 0 saturated heterocycles. The monoisotopic (exact) mass is 239 g/mol. The fraction of sp³-hybridized carbons (Fsp3) is 0.455. The summed E-state index contributed by atoms with van der Waals surface area (Å²) >= 11 is 5.85. The van der Waals surface area contributed by atoms with Gasteiger partial charge in [-0.25, -0.2) is 4.98 Å². The van der Waals surface area contributed by atoms with Gasteiger partial charge in [-0.15, -0.1) is 0 Å². The van der Waals surface area contributed by atoms with E-state index in [9.17, 15) is 4.79 Å². The SMILES string of the molecule is Nc1cnc(Cl)c(C(=O)NC2CCCC2)c1. The maximum atomic E-state index is 11.9. The van der Waals surface area contributed by atoms with E-state index < -0.39 is 0 Å². The Hall–Kier alpha value is -1.29. The zero-order chi connectivity index (χ0) is 11.5. The number of nitrogens with one attached hydrogen (secondary N) is 1. The first-order valence-electron chi connectivity index (χ1n) is 5.38. The summed E-state index contributed by atoms with van der Waals surface area (Å²) in [5, 5.41) is 3.14. The van der Waals surface area contributed by atoms with E-state index in [0.717, 1.165) is 12.8 Å². The van der Waals surface area contributed by atoms with Gasteiger partial charge in [0.2, 0.25) is 0 Å². The van der Waals surface area contributed by atoms with Gasteiger partial charge in [0.15, 0.2) is 0 Å². The van der Waals surface area contributed by atoms with Crippen molar-refractivity contribution >= 4 is 23.2 Å². The quantitative estimate of drug-likeness (QED) is 0.776. The molecule has 4 nitrogen and oxygen atoms in total. The molecular formula is C11H14ClN3O. The first-order valence-corrected chi connectivity index (χ1v) is 5.76. The first-order chi connectivity index (χ1) is 7.66. The van der Waals surface area contributed by atoms with Gasteiger partial charge in [0.25, 0.3) is 5.91 Å². The van der Waals surface area contributed by atoms with Crippen molar-refractivity contribution in [2.75, 3.05) is 5.73 Å². The Labute approximate surface area is 99.2 Å². The summed E-state index contributed by atoms with van der Waals surface area (Å²) in [5.41, 5.74) is 6.37. The minimum Gasteiger partial charge on any atom is -0.397 e. The minimum atomic E-state index is -0.184. The van der Waals surface area contributed by atoms with Crippen LogP contribution in [0.2, 0.25) is 5.15 Å². The Morgan fingerprint density at radius 2 is 2.19 bits per heavy atom. The van der Waals surface area contributed by atoms with Gasteiger partial charge < -0.3 is 11.1 Å². The fourth-order valence-corrected chi connectivity index (χ4v) is 2.15. The van der Waals surface area contributed by atoms with E-state index >= 15 is 0 Å². The predicted octanol–water partition coefficient (Wildman–Crippen LogP) is 1.99. The molecule has 0 spiro atoms. The number of anilines is 1. The summed E-state index contributed by atoms with van der Waals surface area (Å²) < 4.78 is 0. The average Bonchev–Trinajstić information content (AvgIpc) is 2.74. The van der Waals surface area contributed by atoms with E-state index in [0.29, 0.717) is 11.3 Å². The highest BCUT2D eigenvalue weighted by molar-refractivity contribution is 6.32. The summed E-state index contributed by atoms with van der Waals surface area (Å²) in [7, 11) is 0. The van der Waals surface area contributed by atoms with Gasteiger partial charge in [0.05, 0.1) is 17.4 Å². The van der Waals surface area contributed by atoms with Crippen molar-refractivity contribution in [3.05, 3.63) is 23.0 Å². The van der Waals surface area contributed by atoms with Crippen molar-refractivity contribution < 1.29 is 4.79 Å². The molecule has 3 N–H and O–H groups in total. The van der Waals surface area contributed by atoms with Gasteiger partial charge in [-0.1, -0.05) is 24.4 Å². The zero-order valence-corrected chi connectivity index (χ0v) is 9.63. The Balaban J connectivity index is 2.10. The molecule has 86 valence electrons. The number of aromatic nitrogens is 1. The summed E-state index contributed by atoms with van der Waals surface area (Å²) in [5.74, 6) is -0.184. The molecular weight excluding hydrogens is 226 g/mol. The lowest BCUT2D eigenvalue weighted by Gasteiger charge is -2.12. The van der Waals surface area contributed by atoms with Crippen molar-refractivity contribution in [2.45, 2.75) is 31.7 Å². The Kier molecular flexibility index (Phi) is 3.29. The van der Waals surface area contributed by atoms with Gasteiger partial charge >= 0.3 is 0 Å². The molecule has 0 aliphatic heterocycles. The van der Waals surface area contributed by atoms with Crippen LogP contribution in [0.3, 0.4) is 0 Å². The molecule has 0 radical (unpaired) electrons. The van der Waals surface area contributed by atoms with E-state index in [1.165, 1.54) is 19.0 Å². The Morgan fingerprint density at radius 1 is 1.50 bits per heavy atom. The lowest BCUT2D eigenvalue weighted by Crippen LogP contribution is -2.32. The lowest BCUT2D eigenvalue weighted by molar-refractivity contribution is 0.0937. The molecule has 16 heavy (non-hydrogen) atoms. The van der Waals surface area contributed by atoms with Gasteiger partial charge in [0, 0.05) is 6.04 Å². The molecule has 1 amide bonds. The van der Waals surface area contributed by atoms with Crippen LogP contribution in [0, 0.1) is 0 Å². The second-order valence-corrected chi connectivity index (χ2v) is 4.42. The Morgan fingerprint density at radius 3 is 2.88 bits per heavy atom. The molecule has 2 rings (SSSR count). The zero-order valence-electron chi connectivity index (χ0n) is 8.87. The van der Waals surface area contributed by atoms with Crippen LogP contribution >= 0.6 is 11.6 Å². The summed E-state index contributed by atoms with van der Waals surface area (Å²) in [4.78, 5) is 15.7. The van der Waals surface area contributed by atoms with E-state index in [-0.39, 0.29) is 17.1 Å². The summed E-state index contributed by atoms with van der Waals surface area (Å²) in [6.45, 7) is 0. The molecule has 1 saturated carbocycles. The lowest BCUT2D eigenvalue weighted by atomic mass is 10.2. The van der Waals surface area contributed by atoms with E-state index in [4.69, 9.17) is 17.3 Å². The van der Waals surface area contributed by atoms with Crippen LogP contribution < -0.4 is 11.1 Å². The van der Waals surface area contributed by atoms with Gasteiger partial charge in [-0.3, -0.25) is 4.79 Å². The van der Waals surface area contributed by atoms with Crippen molar-refractivity contribution in [3.63, 3.8) is 0 Å². The topological polar surface area (TPSA) is 68.0 Å². The largest absolute Gasteiger partial charge is 0.397 e. The molecule has 1 fully saturated rings. The van der Waals surface area contributed by atoms with Crippen LogP contribution in [0.5, 0.6) is 0 Å². The highest BCUT2D eigenvalue weighted by Gasteiger charge is 2.19.